The maximum atomic E-state index is 12.1. The van der Waals surface area contributed by atoms with Gasteiger partial charge in [0.25, 0.3) is 0 Å². The highest BCUT2D eigenvalue weighted by molar-refractivity contribution is 8.00. The Kier molecular flexibility index (Phi) is 5.06. The molecule has 1 heterocycles. The summed E-state index contributed by atoms with van der Waals surface area (Å²) in [7, 11) is 0. The molecular formula is C17H12Cl2N2OS. The minimum Gasteiger partial charge on any atom is -0.325 e. The van der Waals surface area contributed by atoms with Crippen LogP contribution in [0.4, 0.5) is 5.69 Å². The molecule has 0 saturated heterocycles. The molecule has 0 unspecified atom stereocenters. The van der Waals surface area contributed by atoms with Crippen LogP contribution in [0.1, 0.15) is 0 Å². The second-order valence-corrected chi connectivity index (χ2v) is 6.67. The molecule has 1 aromatic heterocycles. The van der Waals surface area contributed by atoms with Crippen molar-refractivity contribution in [2.24, 2.45) is 0 Å². The van der Waals surface area contributed by atoms with Crippen LogP contribution in [0.5, 0.6) is 0 Å². The van der Waals surface area contributed by atoms with Crippen molar-refractivity contribution >= 4 is 57.3 Å². The lowest BCUT2D eigenvalue weighted by Gasteiger charge is -2.07. The van der Waals surface area contributed by atoms with E-state index in [2.05, 4.69) is 10.3 Å². The second kappa shape index (κ2) is 7.21. The number of nitrogens with zero attached hydrogens (tertiary/aromatic N) is 1. The van der Waals surface area contributed by atoms with Crippen molar-refractivity contribution in [1.29, 1.82) is 0 Å². The average Bonchev–Trinajstić information content (AvgIpc) is 2.52. The lowest BCUT2D eigenvalue weighted by Crippen LogP contribution is -2.14. The fraction of sp³-hybridized carbons (Fsp3) is 0.0588. The first kappa shape index (κ1) is 16.1. The predicted molar refractivity (Wildman–Crippen MR) is 97.6 cm³/mol. The number of halogens is 2. The van der Waals surface area contributed by atoms with E-state index in [1.807, 2.05) is 30.3 Å². The van der Waals surface area contributed by atoms with Gasteiger partial charge in [-0.1, -0.05) is 59.2 Å². The summed E-state index contributed by atoms with van der Waals surface area (Å²) in [4.78, 5) is 16.5. The standard InChI is InChI=1S/C17H12Cl2N2OS/c18-12-7-13(19)9-14(8-12)21-16(22)10-23-17-15-4-2-1-3-11(15)5-6-20-17/h1-9H,10H2,(H,21,22). The van der Waals surface area contributed by atoms with Crippen molar-refractivity contribution in [2.45, 2.75) is 5.03 Å². The van der Waals surface area contributed by atoms with Crippen molar-refractivity contribution < 1.29 is 4.79 Å². The highest BCUT2D eigenvalue weighted by Crippen LogP contribution is 2.26. The van der Waals surface area contributed by atoms with E-state index in [4.69, 9.17) is 23.2 Å². The van der Waals surface area contributed by atoms with Gasteiger partial charge in [-0.15, -0.1) is 0 Å². The molecule has 3 nitrogen and oxygen atoms in total. The Labute approximate surface area is 148 Å². The molecule has 116 valence electrons. The van der Waals surface area contributed by atoms with E-state index in [0.717, 1.165) is 15.8 Å². The number of amides is 1. The van der Waals surface area contributed by atoms with Gasteiger partial charge in [-0.3, -0.25) is 4.79 Å². The van der Waals surface area contributed by atoms with Crippen molar-refractivity contribution in [3.05, 3.63) is 64.8 Å². The topological polar surface area (TPSA) is 42.0 Å². The Hall–Kier alpha value is -1.75. The Morgan fingerprint density at radius 3 is 2.61 bits per heavy atom. The Bertz CT molecular complexity index is 845. The zero-order valence-electron chi connectivity index (χ0n) is 11.9. The number of rotatable bonds is 4. The number of anilines is 1. The van der Waals surface area contributed by atoms with E-state index in [9.17, 15) is 4.79 Å². The highest BCUT2D eigenvalue weighted by atomic mass is 35.5. The first-order valence-electron chi connectivity index (χ1n) is 6.84. The summed E-state index contributed by atoms with van der Waals surface area (Å²) < 4.78 is 0. The van der Waals surface area contributed by atoms with Crippen molar-refractivity contribution in [3.63, 3.8) is 0 Å². The maximum absolute atomic E-state index is 12.1. The summed E-state index contributed by atoms with van der Waals surface area (Å²) in [5.41, 5.74) is 0.582. The molecule has 0 aliphatic carbocycles. The largest absolute Gasteiger partial charge is 0.325 e. The molecule has 1 N–H and O–H groups in total. The molecule has 0 bridgehead atoms. The number of aromatic nitrogens is 1. The summed E-state index contributed by atoms with van der Waals surface area (Å²) in [6.45, 7) is 0. The number of pyridine rings is 1. The van der Waals surface area contributed by atoms with E-state index in [0.29, 0.717) is 15.7 Å². The number of nitrogens with one attached hydrogen (secondary N) is 1. The van der Waals surface area contributed by atoms with Gasteiger partial charge in [0.1, 0.15) is 5.03 Å². The average molecular weight is 363 g/mol. The quantitative estimate of drug-likeness (QED) is 0.642. The van der Waals surface area contributed by atoms with Crippen LogP contribution in [-0.4, -0.2) is 16.6 Å². The molecule has 0 atom stereocenters. The normalized spacial score (nSPS) is 10.7. The molecule has 0 spiro atoms. The molecule has 0 aliphatic rings. The zero-order chi connectivity index (χ0) is 16.2. The molecule has 0 radical (unpaired) electrons. The maximum Gasteiger partial charge on any atom is 0.234 e. The van der Waals surface area contributed by atoms with Crippen molar-refractivity contribution in [2.75, 3.05) is 11.1 Å². The van der Waals surface area contributed by atoms with Gasteiger partial charge in [0.2, 0.25) is 5.91 Å². The lowest BCUT2D eigenvalue weighted by molar-refractivity contribution is -0.113. The van der Waals surface area contributed by atoms with Crippen LogP contribution < -0.4 is 5.32 Å². The van der Waals surface area contributed by atoms with Gasteiger partial charge in [0.15, 0.2) is 0 Å². The molecule has 0 aliphatic heterocycles. The van der Waals surface area contributed by atoms with Crippen molar-refractivity contribution in [1.82, 2.24) is 4.98 Å². The van der Waals surface area contributed by atoms with E-state index in [1.165, 1.54) is 11.8 Å². The summed E-state index contributed by atoms with van der Waals surface area (Å²) >= 11 is 13.2. The van der Waals surface area contributed by atoms with Crippen LogP contribution in [0.25, 0.3) is 10.8 Å². The van der Waals surface area contributed by atoms with Gasteiger partial charge in [-0.25, -0.2) is 4.98 Å². The van der Waals surface area contributed by atoms with Gasteiger partial charge < -0.3 is 5.32 Å². The molecule has 23 heavy (non-hydrogen) atoms. The van der Waals surface area contributed by atoms with Crippen LogP contribution in [0.3, 0.4) is 0 Å². The fourth-order valence-electron chi connectivity index (χ4n) is 2.16. The second-order valence-electron chi connectivity index (χ2n) is 4.83. The Morgan fingerprint density at radius 2 is 1.83 bits per heavy atom. The molecule has 2 aromatic carbocycles. The van der Waals surface area contributed by atoms with E-state index in [-0.39, 0.29) is 11.7 Å². The highest BCUT2D eigenvalue weighted by Gasteiger charge is 2.08. The first-order valence-corrected chi connectivity index (χ1v) is 8.58. The number of thioether (sulfide) groups is 1. The van der Waals surface area contributed by atoms with Crippen LogP contribution >= 0.6 is 35.0 Å². The minimum absolute atomic E-state index is 0.136. The molecular weight excluding hydrogens is 351 g/mol. The smallest absolute Gasteiger partial charge is 0.234 e. The number of hydrogen-bond acceptors (Lipinski definition) is 3. The first-order chi connectivity index (χ1) is 11.1. The van der Waals surface area contributed by atoms with Gasteiger partial charge in [-0.2, -0.15) is 0 Å². The molecule has 3 rings (SSSR count). The number of carbonyl (C=O) groups excluding carboxylic acids is 1. The zero-order valence-corrected chi connectivity index (χ0v) is 14.3. The van der Waals surface area contributed by atoms with E-state index in [1.54, 1.807) is 24.4 Å². The Morgan fingerprint density at radius 1 is 1.09 bits per heavy atom. The molecule has 0 saturated carbocycles. The minimum atomic E-state index is -0.136. The van der Waals surface area contributed by atoms with E-state index < -0.39 is 0 Å². The predicted octanol–water partition coefficient (Wildman–Crippen LogP) is 5.27. The summed E-state index contributed by atoms with van der Waals surface area (Å²) in [5, 5.41) is 6.73. The Balaban J connectivity index is 1.68. The third-order valence-corrected chi connectivity index (χ3v) is 4.57. The van der Waals surface area contributed by atoms with Crippen LogP contribution in [-0.2, 0) is 4.79 Å². The summed E-state index contributed by atoms with van der Waals surface area (Å²) in [6, 6.07) is 14.8. The summed E-state index contributed by atoms with van der Waals surface area (Å²) in [5.74, 6) is 0.119. The molecule has 1 amide bonds. The number of benzene rings is 2. The fourth-order valence-corrected chi connectivity index (χ4v) is 3.51. The van der Waals surface area contributed by atoms with Crippen LogP contribution in [0, 0.1) is 0 Å². The van der Waals surface area contributed by atoms with Gasteiger partial charge in [-0.05, 0) is 29.7 Å². The third-order valence-electron chi connectivity index (χ3n) is 3.12. The van der Waals surface area contributed by atoms with Crippen LogP contribution in [0.15, 0.2) is 59.8 Å². The van der Waals surface area contributed by atoms with Gasteiger partial charge in [0.05, 0.1) is 5.75 Å². The van der Waals surface area contributed by atoms with Crippen molar-refractivity contribution in [3.8, 4) is 0 Å². The van der Waals surface area contributed by atoms with Gasteiger partial charge in [0, 0.05) is 27.3 Å². The van der Waals surface area contributed by atoms with E-state index >= 15 is 0 Å². The number of carbonyl (C=O) groups is 1. The molecule has 0 fully saturated rings. The SMILES string of the molecule is O=C(CSc1nccc2ccccc12)Nc1cc(Cl)cc(Cl)c1. The number of hydrogen-bond donors (Lipinski definition) is 1. The summed E-state index contributed by atoms with van der Waals surface area (Å²) in [6.07, 6.45) is 1.75. The molecule has 3 aromatic rings. The molecule has 6 heteroatoms. The lowest BCUT2D eigenvalue weighted by atomic mass is 10.2. The third kappa shape index (κ3) is 4.16. The monoisotopic (exact) mass is 362 g/mol. The number of fused-ring (bicyclic) bond motifs is 1. The van der Waals surface area contributed by atoms with Crippen LogP contribution in [0.2, 0.25) is 10.0 Å². The van der Waals surface area contributed by atoms with Gasteiger partial charge >= 0.3 is 0 Å².